The van der Waals surface area contributed by atoms with Crippen molar-refractivity contribution in [2.45, 2.75) is 115 Å². The van der Waals surface area contributed by atoms with Gasteiger partial charge in [-0.25, -0.2) is 39.1 Å². The zero-order valence-corrected chi connectivity index (χ0v) is 38.9. The van der Waals surface area contributed by atoms with Crippen LogP contribution in [0.3, 0.4) is 0 Å². The summed E-state index contributed by atoms with van der Waals surface area (Å²) in [5.41, 5.74) is 1.88. The molecule has 16 nitrogen and oxygen atoms in total. The van der Waals surface area contributed by atoms with Crippen LogP contribution in [0.4, 0.5) is 0 Å². The summed E-state index contributed by atoms with van der Waals surface area (Å²) in [4.78, 5) is 66.1. The summed E-state index contributed by atoms with van der Waals surface area (Å²) in [6.07, 6.45) is 23.3. The van der Waals surface area contributed by atoms with Crippen molar-refractivity contribution in [2.75, 3.05) is 39.6 Å². The molecular formula is C52H64N4O12. The van der Waals surface area contributed by atoms with Crippen LogP contribution < -0.4 is 9.47 Å². The van der Waals surface area contributed by atoms with Crippen LogP contribution in [-0.4, -0.2) is 96.0 Å². The predicted molar refractivity (Wildman–Crippen MR) is 252 cm³/mol. The summed E-state index contributed by atoms with van der Waals surface area (Å²) in [5, 5.41) is 0. The third-order valence-electron chi connectivity index (χ3n) is 10.8. The number of rotatable bonds is 32. The Hall–Kier alpha value is -6.52. The van der Waals surface area contributed by atoms with Crippen molar-refractivity contribution in [3.05, 3.63) is 110 Å². The highest BCUT2D eigenvalue weighted by molar-refractivity contribution is 5.91. The van der Waals surface area contributed by atoms with Gasteiger partial charge in [0.1, 0.15) is 0 Å². The van der Waals surface area contributed by atoms with Crippen LogP contribution in [0.25, 0.3) is 22.8 Å². The van der Waals surface area contributed by atoms with E-state index in [-0.39, 0.29) is 36.3 Å². The Balaban J connectivity index is 0.955. The maximum absolute atomic E-state index is 13.1. The molecule has 0 N–H and O–H groups in total. The molecule has 0 spiro atoms. The fourth-order valence-corrected chi connectivity index (χ4v) is 6.98. The quantitative estimate of drug-likeness (QED) is 0.0194. The summed E-state index contributed by atoms with van der Waals surface area (Å²) < 4.78 is 44.1. The van der Waals surface area contributed by atoms with Crippen molar-refractivity contribution in [3.63, 3.8) is 0 Å². The lowest BCUT2D eigenvalue weighted by Gasteiger charge is -2.30. The average molecular weight is 937 g/mol. The summed E-state index contributed by atoms with van der Waals surface area (Å²) in [7, 11) is 0. The smallest absolute Gasteiger partial charge is 0.340 e. The van der Waals surface area contributed by atoms with Crippen molar-refractivity contribution in [1.82, 2.24) is 19.9 Å². The highest BCUT2D eigenvalue weighted by Gasteiger charge is 2.34. The zero-order chi connectivity index (χ0) is 48.0. The number of unbranched alkanes of at least 4 members (excludes halogenated alkanes) is 14. The fraction of sp³-hybridized carbons (Fsp3) is 0.462. The molecule has 1 saturated heterocycles. The molecule has 2 atom stereocenters. The number of hydrogen-bond donors (Lipinski definition) is 0. The second-order valence-electron chi connectivity index (χ2n) is 16.0. The average Bonchev–Trinajstić information content (AvgIpc) is 3.37. The lowest BCUT2D eigenvalue weighted by Crippen LogP contribution is -2.44. The molecule has 0 unspecified atom stereocenters. The minimum Gasteiger partial charge on any atom is -0.490 e. The number of esters is 4. The van der Waals surface area contributed by atoms with Gasteiger partial charge in [0.15, 0.2) is 23.1 Å². The maximum Gasteiger partial charge on any atom is 0.340 e. The lowest BCUT2D eigenvalue weighted by molar-refractivity contribution is -0.288. The maximum atomic E-state index is 13.1. The van der Waals surface area contributed by atoms with Crippen LogP contribution in [0.2, 0.25) is 0 Å². The van der Waals surface area contributed by atoms with Crippen LogP contribution >= 0.6 is 0 Å². The lowest BCUT2D eigenvalue weighted by atomic mass is 10.1. The highest BCUT2D eigenvalue weighted by Crippen LogP contribution is 2.23. The second kappa shape index (κ2) is 30.7. The first-order chi connectivity index (χ1) is 33.3. The van der Waals surface area contributed by atoms with E-state index in [2.05, 4.69) is 33.1 Å². The van der Waals surface area contributed by atoms with Crippen molar-refractivity contribution < 1.29 is 57.1 Å². The number of carbonyl (C=O) groups excluding carboxylic acids is 4. The molecule has 3 heterocycles. The number of carbonyl (C=O) groups is 4. The third-order valence-corrected chi connectivity index (χ3v) is 10.8. The molecule has 2 aromatic carbocycles. The summed E-state index contributed by atoms with van der Waals surface area (Å²) in [6.45, 7) is 9.11. The van der Waals surface area contributed by atoms with Gasteiger partial charge in [-0.2, -0.15) is 0 Å². The van der Waals surface area contributed by atoms with Crippen LogP contribution in [0.5, 0.6) is 11.5 Å². The molecule has 0 amide bonds. The van der Waals surface area contributed by atoms with Gasteiger partial charge in [0.25, 0.3) is 12.6 Å². The van der Waals surface area contributed by atoms with Gasteiger partial charge < -0.3 is 37.9 Å². The number of aromatic nitrogens is 4. The molecule has 364 valence electrons. The van der Waals surface area contributed by atoms with Gasteiger partial charge in [0.05, 0.1) is 75.6 Å². The molecule has 0 aliphatic carbocycles. The van der Waals surface area contributed by atoms with Crippen molar-refractivity contribution in [1.29, 1.82) is 0 Å². The normalized spacial score (nSPS) is 14.3. The Morgan fingerprint density at radius 1 is 0.471 bits per heavy atom. The Morgan fingerprint density at radius 2 is 0.779 bits per heavy atom. The van der Waals surface area contributed by atoms with Crippen molar-refractivity contribution in [2.24, 2.45) is 0 Å². The minimum absolute atomic E-state index is 0.141. The monoisotopic (exact) mass is 936 g/mol. The van der Waals surface area contributed by atoms with Crippen molar-refractivity contribution >= 4 is 23.9 Å². The summed E-state index contributed by atoms with van der Waals surface area (Å²) >= 11 is 0. The number of ether oxygens (including phenoxy) is 8. The van der Waals surface area contributed by atoms with Gasteiger partial charge in [-0.05, 0) is 49.9 Å². The van der Waals surface area contributed by atoms with Crippen LogP contribution in [0, 0.1) is 0 Å². The Kier molecular flexibility index (Phi) is 23.7. The molecular weight excluding hydrogens is 873 g/mol. The van der Waals surface area contributed by atoms with Crippen LogP contribution in [0.15, 0.2) is 98.6 Å². The molecule has 1 aliphatic heterocycles. The van der Waals surface area contributed by atoms with Gasteiger partial charge in [0.2, 0.25) is 0 Å². The zero-order valence-electron chi connectivity index (χ0n) is 38.9. The van der Waals surface area contributed by atoms with E-state index >= 15 is 0 Å². The highest BCUT2D eigenvalue weighted by atomic mass is 16.8. The molecule has 5 rings (SSSR count). The molecule has 0 saturated carbocycles. The first-order valence-electron chi connectivity index (χ1n) is 23.7. The summed E-state index contributed by atoms with van der Waals surface area (Å²) in [5.74, 6) is -0.0185. The van der Waals surface area contributed by atoms with E-state index in [1.165, 1.54) is 12.2 Å². The predicted octanol–water partition coefficient (Wildman–Crippen LogP) is 9.77. The number of hydrogen-bond acceptors (Lipinski definition) is 16. The van der Waals surface area contributed by atoms with E-state index in [0.29, 0.717) is 60.7 Å². The molecule has 1 aliphatic rings. The molecule has 4 aromatic rings. The SMILES string of the molecule is C=CC(=O)OCCCCCCCCCCOc1cnc(-c2ccc(C(=O)O[C@H]3OCCO[C@@H]3OC(=O)c3ccc(-c4ncc(OCCCCCCCCCCOC(=O)C=C)cn4)cc3)cc2)nc1. The number of nitrogens with zero attached hydrogens (tertiary/aromatic N) is 4. The summed E-state index contributed by atoms with van der Waals surface area (Å²) in [6, 6.07) is 13.2. The first kappa shape index (κ1) is 52.4. The molecule has 1 fully saturated rings. The first-order valence-corrected chi connectivity index (χ1v) is 23.7. The van der Waals surface area contributed by atoms with E-state index in [9.17, 15) is 19.2 Å². The van der Waals surface area contributed by atoms with Gasteiger partial charge in [-0.1, -0.05) is 114 Å². The Morgan fingerprint density at radius 3 is 1.10 bits per heavy atom. The largest absolute Gasteiger partial charge is 0.490 e. The van der Waals surface area contributed by atoms with E-state index in [1.807, 2.05) is 0 Å². The fourth-order valence-electron chi connectivity index (χ4n) is 6.98. The van der Waals surface area contributed by atoms with Gasteiger partial charge in [0, 0.05) is 23.3 Å². The van der Waals surface area contributed by atoms with E-state index < -0.39 is 24.5 Å². The van der Waals surface area contributed by atoms with E-state index in [0.717, 1.165) is 103 Å². The Bertz CT molecular complexity index is 1980. The van der Waals surface area contributed by atoms with Crippen LogP contribution in [0.1, 0.15) is 123 Å². The standard InChI is InChI=1S/C52H64N4O12/c1-3-45(57)63-31-19-15-11-7-5-9-13-17-29-61-43-35-53-47(54-36-43)39-21-25-41(26-22-39)49(59)67-51-52(66-34-33-65-51)68-50(60)42-27-23-40(24-28-42)48-55-37-44(38-56-48)62-30-18-14-10-6-8-12-16-20-32-64-46(58)4-2/h3-4,21-28,35-38,51-52H,1-2,5-20,29-34H2/t51-,52-/m1/s1. The van der Waals surface area contributed by atoms with Crippen molar-refractivity contribution in [3.8, 4) is 34.3 Å². The molecule has 2 aromatic heterocycles. The van der Waals surface area contributed by atoms with E-state index in [1.54, 1.807) is 73.3 Å². The minimum atomic E-state index is -1.29. The third kappa shape index (κ3) is 19.4. The topological polar surface area (TPSA) is 194 Å². The second-order valence-corrected chi connectivity index (χ2v) is 16.0. The van der Waals surface area contributed by atoms with Gasteiger partial charge in [-0.3, -0.25) is 0 Å². The van der Waals surface area contributed by atoms with E-state index in [4.69, 9.17) is 37.9 Å². The van der Waals surface area contributed by atoms with Crippen LogP contribution in [-0.2, 0) is 38.0 Å². The van der Waals surface area contributed by atoms with Gasteiger partial charge >= 0.3 is 23.9 Å². The molecule has 0 bridgehead atoms. The Labute approximate surface area is 398 Å². The molecule has 68 heavy (non-hydrogen) atoms. The molecule has 16 heteroatoms. The number of benzene rings is 2. The van der Waals surface area contributed by atoms with Gasteiger partial charge in [-0.15, -0.1) is 0 Å². The molecule has 0 radical (unpaired) electrons.